The fourth-order valence-corrected chi connectivity index (χ4v) is 2.11. The van der Waals surface area contributed by atoms with Crippen LogP contribution < -0.4 is 0 Å². The van der Waals surface area contributed by atoms with Gasteiger partial charge in [-0.05, 0) is 12.1 Å². The predicted octanol–water partition coefficient (Wildman–Crippen LogP) is 2.85. The van der Waals surface area contributed by atoms with E-state index in [4.69, 9.17) is 17.0 Å². The van der Waals surface area contributed by atoms with E-state index in [9.17, 15) is 0 Å². The van der Waals surface area contributed by atoms with E-state index in [1.165, 1.54) is 0 Å². The summed E-state index contributed by atoms with van der Waals surface area (Å²) >= 11 is 7.33. The Hall–Kier alpha value is -0.800. The third-order valence-corrected chi connectivity index (χ3v) is 3.06. The number of hydrogen-bond donors (Lipinski definition) is 1. The van der Waals surface area contributed by atoms with E-state index in [2.05, 4.69) is 4.99 Å². The minimum Gasteiger partial charge on any atom is -0.292 e. The molecule has 1 aliphatic heterocycles. The molecule has 0 aromatic heterocycles. The maximum absolute atomic E-state index is 7.74. The topological polar surface area (TPSA) is 36.2 Å². The molecule has 0 aliphatic carbocycles. The average molecular weight is 225 g/mol. The second kappa shape index (κ2) is 4.15. The first-order valence-electron chi connectivity index (χ1n) is 4.29. The highest BCUT2D eigenvalue weighted by Gasteiger charge is 2.13. The summed E-state index contributed by atoms with van der Waals surface area (Å²) in [5.41, 5.74) is 1.77. The van der Waals surface area contributed by atoms with Crippen molar-refractivity contribution in [1.29, 1.82) is 5.41 Å². The Morgan fingerprint density at radius 1 is 1.29 bits per heavy atom. The van der Waals surface area contributed by atoms with Crippen LogP contribution in [0.4, 0.5) is 0 Å². The molecule has 4 heteroatoms. The second-order valence-corrected chi connectivity index (χ2v) is 4.46. The smallest absolute Gasteiger partial charge is 0.113 e. The number of nitrogens with one attached hydrogen (secondary N) is 1. The molecular formula is C10H9ClN2S. The van der Waals surface area contributed by atoms with Crippen molar-refractivity contribution in [3.8, 4) is 0 Å². The fourth-order valence-electron chi connectivity index (χ4n) is 1.28. The Kier molecular flexibility index (Phi) is 2.89. The summed E-state index contributed by atoms with van der Waals surface area (Å²) in [7, 11) is 0. The molecule has 2 rings (SSSR count). The van der Waals surface area contributed by atoms with Crippen LogP contribution in [0, 0.1) is 5.41 Å². The Bertz CT molecular complexity index is 384. The molecule has 0 amide bonds. The van der Waals surface area contributed by atoms with E-state index in [1.54, 1.807) is 11.8 Å². The monoisotopic (exact) mass is 224 g/mol. The minimum absolute atomic E-state index is 0.554. The van der Waals surface area contributed by atoms with Crippen LogP contribution in [0.25, 0.3) is 0 Å². The zero-order valence-corrected chi connectivity index (χ0v) is 9.03. The Balaban J connectivity index is 2.34. The van der Waals surface area contributed by atoms with Crippen molar-refractivity contribution in [2.45, 2.75) is 0 Å². The molecule has 0 bridgehead atoms. The molecule has 1 heterocycles. The summed E-state index contributed by atoms with van der Waals surface area (Å²) in [6.07, 6.45) is 0. The molecule has 0 saturated heterocycles. The molecule has 0 radical (unpaired) electrons. The zero-order valence-electron chi connectivity index (χ0n) is 7.46. The molecule has 1 aliphatic rings. The quantitative estimate of drug-likeness (QED) is 0.783. The summed E-state index contributed by atoms with van der Waals surface area (Å²) in [6.45, 7) is 0.797. The highest BCUT2D eigenvalue weighted by Crippen LogP contribution is 2.17. The van der Waals surface area contributed by atoms with Crippen LogP contribution >= 0.6 is 23.4 Å². The first kappa shape index (κ1) is 9.74. The van der Waals surface area contributed by atoms with Crippen molar-refractivity contribution in [2.24, 2.45) is 4.99 Å². The van der Waals surface area contributed by atoms with Gasteiger partial charge in [-0.25, -0.2) is 0 Å². The van der Waals surface area contributed by atoms with Gasteiger partial charge in [-0.3, -0.25) is 10.4 Å². The van der Waals surface area contributed by atoms with Crippen molar-refractivity contribution in [1.82, 2.24) is 0 Å². The molecule has 0 atom stereocenters. The van der Waals surface area contributed by atoms with Gasteiger partial charge >= 0.3 is 0 Å². The molecule has 0 unspecified atom stereocenters. The fraction of sp³-hybridized carbons (Fsp3) is 0.200. The van der Waals surface area contributed by atoms with E-state index in [0.29, 0.717) is 10.1 Å². The van der Waals surface area contributed by atoms with Crippen molar-refractivity contribution >= 4 is 34.1 Å². The summed E-state index contributed by atoms with van der Waals surface area (Å²) in [5.74, 6) is 0.913. The lowest BCUT2D eigenvalue weighted by molar-refractivity contribution is 1.14. The van der Waals surface area contributed by atoms with Crippen LogP contribution in [0.5, 0.6) is 0 Å². The van der Waals surface area contributed by atoms with E-state index >= 15 is 0 Å². The summed E-state index contributed by atoms with van der Waals surface area (Å²) in [5, 5.41) is 9.00. The van der Waals surface area contributed by atoms with Gasteiger partial charge in [0.1, 0.15) is 5.04 Å². The number of nitrogens with zero attached hydrogens (tertiary/aromatic N) is 1. The lowest BCUT2D eigenvalue weighted by Crippen LogP contribution is -2.17. The first-order valence-corrected chi connectivity index (χ1v) is 5.66. The molecule has 0 saturated carbocycles. The highest BCUT2D eigenvalue weighted by atomic mass is 35.5. The van der Waals surface area contributed by atoms with Gasteiger partial charge in [-0.1, -0.05) is 23.7 Å². The molecule has 0 fully saturated rings. The van der Waals surface area contributed by atoms with Gasteiger partial charge in [0.2, 0.25) is 0 Å². The van der Waals surface area contributed by atoms with E-state index in [-0.39, 0.29) is 0 Å². The Morgan fingerprint density at radius 3 is 2.64 bits per heavy atom. The maximum atomic E-state index is 7.74. The summed E-state index contributed by atoms with van der Waals surface area (Å²) < 4.78 is 0. The van der Waals surface area contributed by atoms with Gasteiger partial charge in [0.15, 0.2) is 0 Å². The van der Waals surface area contributed by atoms with Gasteiger partial charge in [0, 0.05) is 22.9 Å². The van der Waals surface area contributed by atoms with Crippen LogP contribution in [-0.2, 0) is 0 Å². The van der Waals surface area contributed by atoms with Gasteiger partial charge in [-0.2, -0.15) is 0 Å². The number of rotatable bonds is 1. The normalized spacial score (nSPS) is 16.6. The molecule has 2 nitrogen and oxygen atoms in total. The molecule has 1 aromatic carbocycles. The second-order valence-electron chi connectivity index (χ2n) is 2.91. The first-order chi connectivity index (χ1) is 6.77. The highest BCUT2D eigenvalue weighted by molar-refractivity contribution is 8.15. The largest absolute Gasteiger partial charge is 0.292 e. The standard InChI is InChI=1S/C10H9ClN2S/c11-8-3-1-7(2-4-8)9-10(12)14-6-5-13-9/h1-4,12H,5-6H2. The lowest BCUT2D eigenvalue weighted by Gasteiger charge is -2.12. The predicted molar refractivity (Wildman–Crippen MR) is 63.0 cm³/mol. The van der Waals surface area contributed by atoms with Crippen LogP contribution in [-0.4, -0.2) is 23.1 Å². The van der Waals surface area contributed by atoms with Crippen LogP contribution in [0.2, 0.25) is 5.02 Å². The Morgan fingerprint density at radius 2 is 2.00 bits per heavy atom. The van der Waals surface area contributed by atoms with Crippen LogP contribution in [0.3, 0.4) is 0 Å². The van der Waals surface area contributed by atoms with Crippen molar-refractivity contribution < 1.29 is 0 Å². The summed E-state index contributed by atoms with van der Waals surface area (Å²) in [4.78, 5) is 4.34. The average Bonchev–Trinajstić information content (AvgIpc) is 2.20. The SMILES string of the molecule is N=C1SCCN=C1c1ccc(Cl)cc1. The minimum atomic E-state index is 0.554. The van der Waals surface area contributed by atoms with Crippen LogP contribution in [0.15, 0.2) is 29.3 Å². The van der Waals surface area contributed by atoms with E-state index in [1.807, 2.05) is 24.3 Å². The van der Waals surface area contributed by atoms with Gasteiger partial charge in [0.05, 0.1) is 5.71 Å². The number of hydrogen-bond acceptors (Lipinski definition) is 3. The number of aliphatic imine (C=N–C) groups is 1. The van der Waals surface area contributed by atoms with Gasteiger partial charge in [0.25, 0.3) is 0 Å². The number of thioether (sulfide) groups is 1. The third-order valence-electron chi connectivity index (χ3n) is 1.94. The molecule has 72 valence electrons. The van der Waals surface area contributed by atoms with Gasteiger partial charge < -0.3 is 0 Å². The van der Waals surface area contributed by atoms with Crippen molar-refractivity contribution in [2.75, 3.05) is 12.3 Å². The number of benzene rings is 1. The Labute approximate surface area is 91.9 Å². The molecule has 0 spiro atoms. The zero-order chi connectivity index (χ0) is 9.97. The third kappa shape index (κ3) is 1.99. The van der Waals surface area contributed by atoms with E-state index < -0.39 is 0 Å². The van der Waals surface area contributed by atoms with Crippen molar-refractivity contribution in [3.05, 3.63) is 34.9 Å². The maximum Gasteiger partial charge on any atom is 0.113 e. The van der Waals surface area contributed by atoms with Crippen molar-refractivity contribution in [3.63, 3.8) is 0 Å². The van der Waals surface area contributed by atoms with Gasteiger partial charge in [-0.15, -0.1) is 11.8 Å². The molecule has 1 aromatic rings. The molecule has 14 heavy (non-hydrogen) atoms. The number of halogens is 1. The summed E-state index contributed by atoms with van der Waals surface area (Å²) in [6, 6.07) is 7.46. The molecule has 1 N–H and O–H groups in total. The van der Waals surface area contributed by atoms with E-state index in [0.717, 1.165) is 23.6 Å². The lowest BCUT2D eigenvalue weighted by atomic mass is 10.1. The van der Waals surface area contributed by atoms with Crippen LogP contribution in [0.1, 0.15) is 5.56 Å². The molecular weight excluding hydrogens is 216 g/mol.